The summed E-state index contributed by atoms with van der Waals surface area (Å²) >= 11 is 0. The Morgan fingerprint density at radius 1 is 1.00 bits per heavy atom. The maximum Gasteiger partial charge on any atom is 0.330 e. The first-order valence-corrected chi connectivity index (χ1v) is 8.84. The molecule has 23 heavy (non-hydrogen) atoms. The summed E-state index contributed by atoms with van der Waals surface area (Å²) in [6, 6.07) is 0. The van der Waals surface area contributed by atoms with Gasteiger partial charge in [0.1, 0.15) is 6.10 Å². The van der Waals surface area contributed by atoms with Gasteiger partial charge in [0, 0.05) is 12.2 Å². The van der Waals surface area contributed by atoms with Crippen LogP contribution in [0.5, 0.6) is 0 Å². The molecular weight excluding hydrogens is 292 g/mol. The summed E-state index contributed by atoms with van der Waals surface area (Å²) in [5.41, 5.74) is 0. The van der Waals surface area contributed by atoms with E-state index in [1.165, 1.54) is 57.4 Å². The fourth-order valence-corrected chi connectivity index (χ4v) is 2.41. The Morgan fingerprint density at radius 2 is 1.52 bits per heavy atom. The van der Waals surface area contributed by atoms with Crippen molar-refractivity contribution in [2.24, 2.45) is 0 Å². The molecule has 132 valence electrons. The predicted molar refractivity (Wildman–Crippen MR) is 93.3 cm³/mol. The van der Waals surface area contributed by atoms with Crippen LogP contribution in [-0.2, 0) is 14.3 Å². The second-order valence-corrected chi connectivity index (χ2v) is 5.85. The summed E-state index contributed by atoms with van der Waals surface area (Å²) in [6.07, 6.45) is 16.1. The van der Waals surface area contributed by atoms with Gasteiger partial charge in [0.15, 0.2) is 0 Å². The molecule has 0 spiro atoms. The van der Waals surface area contributed by atoms with Crippen LogP contribution in [0.3, 0.4) is 0 Å². The zero-order valence-electron chi connectivity index (χ0n) is 14.5. The summed E-state index contributed by atoms with van der Waals surface area (Å²) in [5, 5.41) is 8.65. The van der Waals surface area contributed by atoms with E-state index < -0.39 is 18.0 Å². The molecule has 0 aromatic rings. The van der Waals surface area contributed by atoms with Gasteiger partial charge in [0.2, 0.25) is 0 Å². The summed E-state index contributed by atoms with van der Waals surface area (Å²) in [6.45, 7) is 5.58. The number of rotatable bonds is 15. The number of esters is 1. The standard InChI is InChI=1S/C19H32O4/c1-3-5-6-7-8-9-10-11-12-13-14-17(15-16-18(20)21)23-19(22)4-2/h4,15-17H,2-3,5-14H2,1H3,(H,20,21)/b16-15+. The number of ether oxygens (including phenoxy) is 1. The SMILES string of the molecule is C=CC(=O)OC(/C=C/C(=O)O)CCCCCCCCCCCC. The Kier molecular flexibility index (Phi) is 14.3. The van der Waals surface area contributed by atoms with E-state index in [4.69, 9.17) is 9.84 Å². The van der Waals surface area contributed by atoms with Crippen molar-refractivity contribution in [1.82, 2.24) is 0 Å². The van der Waals surface area contributed by atoms with E-state index in [0.29, 0.717) is 6.42 Å². The molecular formula is C19H32O4. The fraction of sp³-hybridized carbons (Fsp3) is 0.684. The second-order valence-electron chi connectivity index (χ2n) is 5.85. The topological polar surface area (TPSA) is 63.6 Å². The molecule has 1 N–H and O–H groups in total. The van der Waals surface area contributed by atoms with E-state index in [0.717, 1.165) is 25.0 Å². The van der Waals surface area contributed by atoms with E-state index in [2.05, 4.69) is 13.5 Å². The number of carboxylic acids is 1. The lowest BCUT2D eigenvalue weighted by Crippen LogP contribution is -2.14. The first-order valence-electron chi connectivity index (χ1n) is 8.84. The first kappa shape index (κ1) is 21.4. The van der Waals surface area contributed by atoms with Crippen LogP contribution >= 0.6 is 0 Å². The summed E-state index contributed by atoms with van der Waals surface area (Å²) in [4.78, 5) is 21.8. The molecule has 0 aliphatic heterocycles. The monoisotopic (exact) mass is 324 g/mol. The van der Waals surface area contributed by atoms with Crippen LogP contribution in [0.4, 0.5) is 0 Å². The Hall–Kier alpha value is -1.58. The van der Waals surface area contributed by atoms with E-state index in [1.807, 2.05) is 0 Å². The quantitative estimate of drug-likeness (QED) is 0.260. The highest BCUT2D eigenvalue weighted by Gasteiger charge is 2.09. The summed E-state index contributed by atoms with van der Waals surface area (Å²) in [5.74, 6) is -1.55. The molecule has 0 amide bonds. The molecule has 1 atom stereocenters. The van der Waals surface area contributed by atoms with Crippen LogP contribution in [0.25, 0.3) is 0 Å². The number of carbonyl (C=O) groups excluding carboxylic acids is 1. The number of aliphatic carboxylic acids is 1. The Morgan fingerprint density at radius 3 is 2.00 bits per heavy atom. The lowest BCUT2D eigenvalue weighted by Gasteiger charge is -2.12. The molecule has 0 fully saturated rings. The van der Waals surface area contributed by atoms with E-state index >= 15 is 0 Å². The molecule has 0 rings (SSSR count). The van der Waals surface area contributed by atoms with Gasteiger partial charge in [-0.05, 0) is 18.9 Å². The van der Waals surface area contributed by atoms with Crippen molar-refractivity contribution in [3.05, 3.63) is 24.8 Å². The van der Waals surface area contributed by atoms with Gasteiger partial charge in [-0.2, -0.15) is 0 Å². The number of carbonyl (C=O) groups is 2. The molecule has 0 heterocycles. The molecule has 0 radical (unpaired) electrons. The maximum atomic E-state index is 11.2. The minimum atomic E-state index is -1.03. The van der Waals surface area contributed by atoms with Crippen molar-refractivity contribution in [1.29, 1.82) is 0 Å². The van der Waals surface area contributed by atoms with Crippen LogP contribution in [0, 0.1) is 0 Å². The van der Waals surface area contributed by atoms with Crippen LogP contribution in [0.15, 0.2) is 24.8 Å². The average Bonchev–Trinajstić information content (AvgIpc) is 2.53. The first-order chi connectivity index (χ1) is 11.1. The molecule has 1 unspecified atom stereocenters. The van der Waals surface area contributed by atoms with Crippen molar-refractivity contribution >= 4 is 11.9 Å². The maximum absolute atomic E-state index is 11.2. The number of carboxylic acid groups (broad SMARTS) is 1. The van der Waals surface area contributed by atoms with Crippen LogP contribution in [0.1, 0.15) is 77.6 Å². The molecule has 0 aliphatic carbocycles. The predicted octanol–water partition coefficient (Wildman–Crippen LogP) is 5.04. The van der Waals surface area contributed by atoms with Crippen LogP contribution in [-0.4, -0.2) is 23.1 Å². The zero-order valence-corrected chi connectivity index (χ0v) is 14.5. The normalized spacial score (nSPS) is 12.2. The number of hydrogen-bond acceptors (Lipinski definition) is 3. The Balaban J connectivity index is 3.75. The fourth-order valence-electron chi connectivity index (χ4n) is 2.41. The lowest BCUT2D eigenvalue weighted by molar-refractivity contribution is -0.141. The molecule has 4 nitrogen and oxygen atoms in total. The third-order valence-corrected chi connectivity index (χ3v) is 3.73. The Labute approximate surface area is 140 Å². The average molecular weight is 324 g/mol. The van der Waals surface area contributed by atoms with Gasteiger partial charge >= 0.3 is 11.9 Å². The van der Waals surface area contributed by atoms with Crippen LogP contribution in [0.2, 0.25) is 0 Å². The van der Waals surface area contributed by atoms with Gasteiger partial charge in [-0.3, -0.25) is 0 Å². The van der Waals surface area contributed by atoms with Crippen LogP contribution < -0.4 is 0 Å². The summed E-state index contributed by atoms with van der Waals surface area (Å²) < 4.78 is 5.13. The van der Waals surface area contributed by atoms with Gasteiger partial charge in [0.05, 0.1) is 0 Å². The third-order valence-electron chi connectivity index (χ3n) is 3.73. The van der Waals surface area contributed by atoms with Crippen molar-refractivity contribution in [3.63, 3.8) is 0 Å². The Bertz CT molecular complexity index is 360. The van der Waals surface area contributed by atoms with Gasteiger partial charge in [0.25, 0.3) is 0 Å². The van der Waals surface area contributed by atoms with Gasteiger partial charge < -0.3 is 9.84 Å². The van der Waals surface area contributed by atoms with Gasteiger partial charge in [-0.1, -0.05) is 71.3 Å². The van der Waals surface area contributed by atoms with Crippen molar-refractivity contribution in [3.8, 4) is 0 Å². The van der Waals surface area contributed by atoms with E-state index in [9.17, 15) is 9.59 Å². The molecule has 0 bridgehead atoms. The molecule has 0 aromatic carbocycles. The van der Waals surface area contributed by atoms with Crippen molar-refractivity contribution < 1.29 is 19.4 Å². The molecule has 0 saturated carbocycles. The van der Waals surface area contributed by atoms with Crippen molar-refractivity contribution in [2.75, 3.05) is 0 Å². The largest absolute Gasteiger partial charge is 0.478 e. The van der Waals surface area contributed by atoms with Crippen molar-refractivity contribution in [2.45, 2.75) is 83.7 Å². The lowest BCUT2D eigenvalue weighted by atomic mass is 10.0. The third kappa shape index (κ3) is 15.1. The smallest absolute Gasteiger partial charge is 0.330 e. The van der Waals surface area contributed by atoms with E-state index in [-0.39, 0.29) is 0 Å². The van der Waals surface area contributed by atoms with Gasteiger partial charge in [-0.25, -0.2) is 9.59 Å². The highest BCUT2D eigenvalue weighted by atomic mass is 16.5. The molecule has 0 aromatic heterocycles. The molecule has 0 aliphatic rings. The minimum absolute atomic E-state index is 0.481. The number of hydrogen-bond donors (Lipinski definition) is 1. The minimum Gasteiger partial charge on any atom is -0.478 e. The summed E-state index contributed by atoms with van der Waals surface area (Å²) in [7, 11) is 0. The van der Waals surface area contributed by atoms with Gasteiger partial charge in [-0.15, -0.1) is 0 Å². The highest BCUT2D eigenvalue weighted by molar-refractivity contribution is 5.82. The highest BCUT2D eigenvalue weighted by Crippen LogP contribution is 2.13. The van der Waals surface area contributed by atoms with E-state index in [1.54, 1.807) is 0 Å². The zero-order chi connectivity index (χ0) is 17.3. The second kappa shape index (κ2) is 15.3. The number of unbranched alkanes of at least 4 members (excludes halogenated alkanes) is 9. The molecule has 0 saturated heterocycles. The molecule has 4 heteroatoms.